The predicted molar refractivity (Wildman–Crippen MR) is 39.3 cm³/mol. The van der Waals surface area contributed by atoms with Gasteiger partial charge in [0.15, 0.2) is 0 Å². The number of hydrogen-bond acceptors (Lipinski definition) is 0. The summed E-state index contributed by atoms with van der Waals surface area (Å²) >= 11 is 0. The molecule has 1 rings (SSSR count). The van der Waals surface area contributed by atoms with E-state index in [9.17, 15) is 4.39 Å². The van der Waals surface area contributed by atoms with Crippen molar-refractivity contribution >= 4 is 0 Å². The van der Waals surface area contributed by atoms with E-state index < -0.39 is 5.67 Å². The van der Waals surface area contributed by atoms with E-state index in [0.717, 1.165) is 12.8 Å². The van der Waals surface area contributed by atoms with Gasteiger partial charge in [-0.1, -0.05) is 27.2 Å². The minimum absolute atomic E-state index is 0.708. The largest absolute Gasteiger partial charge is 0.244 e. The number of alkyl halides is 1. The molecule has 0 radical (unpaired) electrons. The lowest BCUT2D eigenvalue weighted by Gasteiger charge is -1.91. The molecule has 0 aromatic rings. The molecule has 0 nitrogen and oxygen atoms in total. The highest BCUT2D eigenvalue weighted by molar-refractivity contribution is 4.91. The first-order valence-electron chi connectivity index (χ1n) is 3.87. The summed E-state index contributed by atoms with van der Waals surface area (Å²) in [6.07, 6.45) is 3.58. The summed E-state index contributed by atoms with van der Waals surface area (Å²) in [5.74, 6) is 0. The summed E-state index contributed by atoms with van der Waals surface area (Å²) in [5, 5.41) is 0. The molecule has 0 aliphatic heterocycles. The normalized spacial score (nSPS) is 20.0. The Balaban J connectivity index is 0.000000187. The Morgan fingerprint density at radius 2 is 1.56 bits per heavy atom. The molecule has 1 fully saturated rings. The first-order chi connectivity index (χ1) is 4.18. The first kappa shape index (κ1) is 8.93. The monoisotopic (exact) mass is 132 g/mol. The Kier molecular flexibility index (Phi) is 3.83. The third kappa shape index (κ3) is 4.43. The van der Waals surface area contributed by atoms with Crippen molar-refractivity contribution in [3.63, 3.8) is 0 Å². The van der Waals surface area contributed by atoms with Crippen LogP contribution in [0.1, 0.15) is 46.5 Å². The van der Waals surface area contributed by atoms with E-state index in [2.05, 4.69) is 13.8 Å². The molecule has 0 saturated heterocycles. The molecule has 0 aromatic carbocycles. The van der Waals surface area contributed by atoms with Gasteiger partial charge in [-0.15, -0.1) is 0 Å². The Morgan fingerprint density at radius 1 is 1.22 bits per heavy atom. The van der Waals surface area contributed by atoms with E-state index in [-0.39, 0.29) is 0 Å². The molecule has 0 N–H and O–H groups in total. The zero-order chi connectivity index (χ0) is 7.33. The summed E-state index contributed by atoms with van der Waals surface area (Å²) in [4.78, 5) is 0. The molecule has 9 heavy (non-hydrogen) atoms. The summed E-state index contributed by atoms with van der Waals surface area (Å²) in [6, 6.07) is 0. The van der Waals surface area contributed by atoms with Crippen LogP contribution in [0, 0.1) is 0 Å². The second-order valence-electron chi connectivity index (χ2n) is 2.71. The molecule has 0 heterocycles. The summed E-state index contributed by atoms with van der Waals surface area (Å²) in [6.45, 7) is 6.15. The van der Waals surface area contributed by atoms with E-state index in [0.29, 0.717) is 6.42 Å². The van der Waals surface area contributed by atoms with E-state index in [1.165, 1.54) is 6.42 Å². The van der Waals surface area contributed by atoms with Crippen molar-refractivity contribution in [2.75, 3.05) is 0 Å². The van der Waals surface area contributed by atoms with Crippen LogP contribution in [0.15, 0.2) is 0 Å². The highest BCUT2D eigenvalue weighted by atomic mass is 19.1. The Labute approximate surface area is 57.5 Å². The summed E-state index contributed by atoms with van der Waals surface area (Å²) < 4.78 is 12.2. The minimum atomic E-state index is -0.708. The number of rotatable bonds is 1. The van der Waals surface area contributed by atoms with Crippen molar-refractivity contribution in [1.82, 2.24) is 0 Å². The molecule has 1 aliphatic carbocycles. The van der Waals surface area contributed by atoms with Gasteiger partial charge in [-0.25, -0.2) is 4.39 Å². The molecular formula is C8H17F. The van der Waals surface area contributed by atoms with Crippen LogP contribution >= 0.6 is 0 Å². The highest BCUT2D eigenvalue weighted by Gasteiger charge is 2.40. The second kappa shape index (κ2) is 3.86. The maximum absolute atomic E-state index is 12.2. The van der Waals surface area contributed by atoms with Crippen LogP contribution in [-0.4, -0.2) is 5.67 Å². The van der Waals surface area contributed by atoms with Gasteiger partial charge in [0.1, 0.15) is 5.67 Å². The van der Waals surface area contributed by atoms with Crippen LogP contribution in [0.5, 0.6) is 0 Å². The molecule has 56 valence electrons. The lowest BCUT2D eigenvalue weighted by atomic mass is 10.3. The van der Waals surface area contributed by atoms with Gasteiger partial charge in [-0.3, -0.25) is 0 Å². The van der Waals surface area contributed by atoms with Gasteiger partial charge in [-0.2, -0.15) is 0 Å². The predicted octanol–water partition coefficient (Wildman–Crippen LogP) is 3.31. The summed E-state index contributed by atoms with van der Waals surface area (Å²) in [7, 11) is 0. The van der Waals surface area contributed by atoms with E-state index in [4.69, 9.17) is 0 Å². The maximum atomic E-state index is 12.2. The van der Waals surface area contributed by atoms with Gasteiger partial charge < -0.3 is 0 Å². The van der Waals surface area contributed by atoms with Gasteiger partial charge in [0, 0.05) is 0 Å². The lowest BCUT2D eigenvalue weighted by molar-refractivity contribution is 0.300. The van der Waals surface area contributed by atoms with Crippen LogP contribution in [0.2, 0.25) is 0 Å². The van der Waals surface area contributed by atoms with Crippen LogP contribution in [0.25, 0.3) is 0 Å². The molecule has 0 bridgehead atoms. The van der Waals surface area contributed by atoms with Gasteiger partial charge >= 0.3 is 0 Å². The second-order valence-corrected chi connectivity index (χ2v) is 2.71. The molecule has 0 unspecified atom stereocenters. The fraction of sp³-hybridized carbons (Fsp3) is 1.00. The van der Waals surface area contributed by atoms with Crippen molar-refractivity contribution in [2.45, 2.75) is 52.1 Å². The van der Waals surface area contributed by atoms with E-state index in [1.807, 2.05) is 6.92 Å². The smallest absolute Gasteiger partial charge is 0.111 e. The first-order valence-corrected chi connectivity index (χ1v) is 3.87. The summed E-state index contributed by atoms with van der Waals surface area (Å²) in [5.41, 5.74) is -0.708. The molecule has 0 aromatic heterocycles. The molecular weight excluding hydrogens is 115 g/mol. The standard InChI is InChI=1S/C5H9F.C3H8/c1-2-5(6)3-4-5;1-3-2/h2-4H2,1H3;3H2,1-2H3. The SMILES string of the molecule is CCC.CCC1(F)CC1. The van der Waals surface area contributed by atoms with Crippen LogP contribution in [0.3, 0.4) is 0 Å². The third-order valence-corrected chi connectivity index (χ3v) is 1.43. The van der Waals surface area contributed by atoms with Crippen LogP contribution in [0.4, 0.5) is 4.39 Å². The maximum Gasteiger partial charge on any atom is 0.111 e. The van der Waals surface area contributed by atoms with E-state index >= 15 is 0 Å². The van der Waals surface area contributed by atoms with Gasteiger partial charge in [0.05, 0.1) is 0 Å². The van der Waals surface area contributed by atoms with Crippen molar-refractivity contribution in [2.24, 2.45) is 0 Å². The average Bonchev–Trinajstić information content (AvgIpc) is 2.52. The lowest BCUT2D eigenvalue weighted by Crippen LogP contribution is -1.92. The van der Waals surface area contributed by atoms with Crippen molar-refractivity contribution in [1.29, 1.82) is 0 Å². The van der Waals surface area contributed by atoms with Crippen LogP contribution < -0.4 is 0 Å². The molecule has 1 saturated carbocycles. The van der Waals surface area contributed by atoms with Crippen molar-refractivity contribution in [3.8, 4) is 0 Å². The molecule has 0 amide bonds. The molecule has 0 spiro atoms. The minimum Gasteiger partial charge on any atom is -0.244 e. The fourth-order valence-corrected chi connectivity index (χ4v) is 0.489. The average molecular weight is 132 g/mol. The number of halogens is 1. The molecule has 1 aliphatic rings. The van der Waals surface area contributed by atoms with Gasteiger partial charge in [-0.05, 0) is 19.3 Å². The zero-order valence-corrected chi connectivity index (χ0v) is 6.71. The Bertz CT molecular complexity index is 65.0. The topological polar surface area (TPSA) is 0 Å². The highest BCUT2D eigenvalue weighted by Crippen LogP contribution is 2.42. The molecule has 0 atom stereocenters. The van der Waals surface area contributed by atoms with E-state index in [1.54, 1.807) is 0 Å². The van der Waals surface area contributed by atoms with Crippen molar-refractivity contribution < 1.29 is 4.39 Å². The number of hydrogen-bond donors (Lipinski definition) is 0. The van der Waals surface area contributed by atoms with Gasteiger partial charge in [0.2, 0.25) is 0 Å². The molecule has 1 heteroatoms. The third-order valence-electron chi connectivity index (χ3n) is 1.43. The van der Waals surface area contributed by atoms with Gasteiger partial charge in [0.25, 0.3) is 0 Å². The fourth-order valence-electron chi connectivity index (χ4n) is 0.489. The van der Waals surface area contributed by atoms with Crippen LogP contribution in [-0.2, 0) is 0 Å². The quantitative estimate of drug-likeness (QED) is 0.513. The Hall–Kier alpha value is -0.0700. The Morgan fingerprint density at radius 3 is 1.56 bits per heavy atom. The zero-order valence-electron chi connectivity index (χ0n) is 6.71. The van der Waals surface area contributed by atoms with Crippen molar-refractivity contribution in [3.05, 3.63) is 0 Å².